The summed E-state index contributed by atoms with van der Waals surface area (Å²) < 4.78 is 17.6. The molecule has 4 aromatic rings. The molecule has 7 nitrogen and oxygen atoms in total. The van der Waals surface area contributed by atoms with Gasteiger partial charge < -0.3 is 24.6 Å². The Balaban J connectivity index is 1.26. The first-order valence-corrected chi connectivity index (χ1v) is 13.8. The molecule has 2 N–H and O–H groups in total. The summed E-state index contributed by atoms with van der Waals surface area (Å²) in [6, 6.07) is 23.6. The molecule has 41 heavy (non-hydrogen) atoms. The third-order valence-corrected chi connectivity index (χ3v) is 7.36. The molecule has 210 valence electrons. The predicted molar refractivity (Wildman–Crippen MR) is 157 cm³/mol. The van der Waals surface area contributed by atoms with Crippen LogP contribution in [0.1, 0.15) is 27.9 Å². The molecule has 4 aromatic carbocycles. The first-order valence-electron chi connectivity index (χ1n) is 12.7. The van der Waals surface area contributed by atoms with E-state index in [1.165, 1.54) is 18.2 Å². The van der Waals surface area contributed by atoms with E-state index in [0.717, 1.165) is 5.56 Å². The van der Waals surface area contributed by atoms with Crippen LogP contribution in [-0.2, 0) is 16.8 Å². The molecule has 0 bridgehead atoms. The van der Waals surface area contributed by atoms with Crippen molar-refractivity contribution >= 4 is 46.7 Å². The van der Waals surface area contributed by atoms with Crippen LogP contribution in [0.4, 0.5) is 0 Å². The Kier molecular flexibility index (Phi) is 8.59. The van der Waals surface area contributed by atoms with E-state index in [2.05, 4.69) is 5.32 Å². The highest BCUT2D eigenvalue weighted by Gasteiger charge is 2.47. The van der Waals surface area contributed by atoms with Crippen LogP contribution in [0.25, 0.3) is 0 Å². The molecule has 0 radical (unpaired) electrons. The third-order valence-electron chi connectivity index (χ3n) is 6.59. The number of nitrogens with one attached hydrogen (secondary N) is 1. The number of benzene rings is 4. The number of ether oxygens (including phenoxy) is 3. The van der Waals surface area contributed by atoms with E-state index in [1.54, 1.807) is 60.7 Å². The number of para-hydroxylation sites is 1. The van der Waals surface area contributed by atoms with E-state index in [1.807, 2.05) is 6.07 Å². The number of hydrogen-bond acceptors (Lipinski definition) is 5. The molecule has 1 atom stereocenters. The van der Waals surface area contributed by atoms with Gasteiger partial charge in [-0.3, -0.25) is 4.79 Å². The van der Waals surface area contributed by atoms with Gasteiger partial charge in [0.25, 0.3) is 5.91 Å². The number of aliphatic carboxylic acids is 1. The number of carboxylic acids is 1. The van der Waals surface area contributed by atoms with Gasteiger partial charge in [0.15, 0.2) is 0 Å². The van der Waals surface area contributed by atoms with Crippen LogP contribution in [-0.4, -0.2) is 30.1 Å². The summed E-state index contributed by atoms with van der Waals surface area (Å²) in [4.78, 5) is 25.3. The Bertz CT molecular complexity index is 1610. The minimum absolute atomic E-state index is 0.0889. The zero-order chi connectivity index (χ0) is 29.0. The van der Waals surface area contributed by atoms with Gasteiger partial charge in [-0.15, -0.1) is 0 Å². The van der Waals surface area contributed by atoms with Crippen molar-refractivity contribution in [2.24, 2.45) is 0 Å². The van der Waals surface area contributed by atoms with Crippen LogP contribution in [0.2, 0.25) is 15.1 Å². The largest absolute Gasteiger partial charge is 0.493 e. The molecule has 1 aliphatic rings. The SMILES string of the molecule is O=C(NCCc1ccc(Cl)cc1Oc1cccc(Cl)c1)c1ccc(OC2(C(=O)O)CCOc3ccccc32)c(Cl)c1. The second-order valence-corrected chi connectivity index (χ2v) is 10.6. The van der Waals surface area contributed by atoms with Crippen LogP contribution in [0.5, 0.6) is 23.0 Å². The second kappa shape index (κ2) is 12.3. The highest BCUT2D eigenvalue weighted by Crippen LogP contribution is 2.42. The summed E-state index contributed by atoms with van der Waals surface area (Å²) in [5.41, 5.74) is -0.138. The highest BCUT2D eigenvalue weighted by atomic mass is 35.5. The molecule has 0 saturated carbocycles. The average Bonchev–Trinajstić information content (AvgIpc) is 2.95. The molecule has 0 aromatic heterocycles. The lowest BCUT2D eigenvalue weighted by Gasteiger charge is -2.35. The van der Waals surface area contributed by atoms with Gasteiger partial charge in [0, 0.05) is 34.1 Å². The van der Waals surface area contributed by atoms with Gasteiger partial charge in [0.05, 0.1) is 11.6 Å². The number of carboxylic acid groups (broad SMARTS) is 1. The molecular weight excluding hydrogens is 589 g/mol. The van der Waals surface area contributed by atoms with Crippen LogP contribution >= 0.6 is 34.8 Å². The summed E-state index contributed by atoms with van der Waals surface area (Å²) in [5, 5.41) is 14.2. The van der Waals surface area contributed by atoms with Crippen molar-refractivity contribution in [3.8, 4) is 23.0 Å². The molecule has 1 aliphatic heterocycles. The zero-order valence-corrected chi connectivity index (χ0v) is 23.8. The average molecular weight is 613 g/mol. The Hall–Kier alpha value is -3.91. The van der Waals surface area contributed by atoms with Crippen molar-refractivity contribution in [1.82, 2.24) is 5.32 Å². The smallest absolute Gasteiger partial charge is 0.353 e. The van der Waals surface area contributed by atoms with E-state index < -0.39 is 11.6 Å². The third kappa shape index (κ3) is 6.38. The van der Waals surface area contributed by atoms with E-state index in [-0.39, 0.29) is 29.7 Å². The van der Waals surface area contributed by atoms with Crippen molar-refractivity contribution in [2.75, 3.05) is 13.2 Å². The van der Waals surface area contributed by atoms with Gasteiger partial charge in [-0.2, -0.15) is 0 Å². The lowest BCUT2D eigenvalue weighted by molar-refractivity contribution is -0.159. The summed E-state index contributed by atoms with van der Waals surface area (Å²) in [7, 11) is 0. The Morgan fingerprint density at radius 2 is 1.71 bits per heavy atom. The summed E-state index contributed by atoms with van der Waals surface area (Å²) in [5.74, 6) is 0.194. The number of amides is 1. The van der Waals surface area contributed by atoms with Crippen LogP contribution in [0.3, 0.4) is 0 Å². The monoisotopic (exact) mass is 611 g/mol. The van der Waals surface area contributed by atoms with Crippen LogP contribution in [0.15, 0.2) is 84.9 Å². The fraction of sp³-hybridized carbons (Fsp3) is 0.161. The minimum atomic E-state index is -1.67. The summed E-state index contributed by atoms with van der Waals surface area (Å²) in [6.07, 6.45) is 0.558. The number of carbonyl (C=O) groups excluding carboxylic acids is 1. The van der Waals surface area contributed by atoms with E-state index in [0.29, 0.717) is 51.4 Å². The maximum absolute atomic E-state index is 12.9. The van der Waals surface area contributed by atoms with E-state index in [9.17, 15) is 14.7 Å². The molecule has 0 fully saturated rings. The number of carbonyl (C=O) groups is 2. The Morgan fingerprint density at radius 1 is 0.902 bits per heavy atom. The number of halogens is 3. The number of hydrogen-bond donors (Lipinski definition) is 2. The van der Waals surface area contributed by atoms with Crippen molar-refractivity contribution in [1.29, 1.82) is 0 Å². The highest BCUT2D eigenvalue weighted by molar-refractivity contribution is 6.32. The predicted octanol–water partition coefficient (Wildman–Crippen LogP) is 7.55. The molecule has 0 saturated heterocycles. The molecule has 1 unspecified atom stereocenters. The molecular formula is C31H24Cl3NO6. The van der Waals surface area contributed by atoms with Crippen LogP contribution in [0, 0.1) is 0 Å². The molecule has 0 aliphatic carbocycles. The molecule has 0 spiro atoms. The quantitative estimate of drug-likeness (QED) is 0.203. The molecule has 10 heteroatoms. The summed E-state index contributed by atoms with van der Waals surface area (Å²) in [6.45, 7) is 0.474. The lowest BCUT2D eigenvalue weighted by Crippen LogP contribution is -2.45. The maximum atomic E-state index is 12.9. The standard InChI is InChI=1S/C31H24Cl3NO6/c32-21-4-3-5-23(17-21)40-28-18-22(33)10-8-19(28)12-14-35-29(36)20-9-11-27(25(34)16-20)41-31(30(37)38)13-15-39-26-7-2-1-6-24(26)31/h1-11,16-18H,12-15H2,(H,35,36)(H,37,38). The fourth-order valence-electron chi connectivity index (χ4n) is 4.55. The van der Waals surface area contributed by atoms with E-state index in [4.69, 9.17) is 49.0 Å². The van der Waals surface area contributed by atoms with Gasteiger partial charge in [0.1, 0.15) is 23.0 Å². The fourth-order valence-corrected chi connectivity index (χ4v) is 5.11. The Morgan fingerprint density at radius 3 is 2.49 bits per heavy atom. The van der Waals surface area contributed by atoms with Crippen molar-refractivity contribution < 1.29 is 28.9 Å². The first-order chi connectivity index (χ1) is 19.7. The molecule has 1 heterocycles. The van der Waals surface area contributed by atoms with Gasteiger partial charge >= 0.3 is 5.97 Å². The van der Waals surface area contributed by atoms with Gasteiger partial charge in [-0.1, -0.05) is 65.1 Å². The van der Waals surface area contributed by atoms with Crippen molar-refractivity contribution in [2.45, 2.75) is 18.4 Å². The van der Waals surface area contributed by atoms with Gasteiger partial charge in [-0.25, -0.2) is 4.79 Å². The topological polar surface area (TPSA) is 94.1 Å². The number of fused-ring (bicyclic) bond motifs is 1. The Labute approximate surface area is 251 Å². The van der Waals surface area contributed by atoms with Crippen LogP contribution < -0.4 is 19.5 Å². The van der Waals surface area contributed by atoms with Crippen molar-refractivity contribution in [3.63, 3.8) is 0 Å². The molecule has 1 amide bonds. The van der Waals surface area contributed by atoms with Gasteiger partial charge in [-0.05, 0) is 66.6 Å². The number of rotatable bonds is 9. The lowest BCUT2D eigenvalue weighted by atomic mass is 9.87. The van der Waals surface area contributed by atoms with Gasteiger partial charge in [0.2, 0.25) is 5.60 Å². The minimum Gasteiger partial charge on any atom is -0.493 e. The van der Waals surface area contributed by atoms with E-state index >= 15 is 0 Å². The normalized spacial score (nSPS) is 15.8. The second-order valence-electron chi connectivity index (χ2n) is 9.29. The van der Waals surface area contributed by atoms with Crippen molar-refractivity contribution in [3.05, 3.63) is 117 Å². The first kappa shape index (κ1) is 28.6. The summed E-state index contributed by atoms with van der Waals surface area (Å²) >= 11 is 18.7. The zero-order valence-electron chi connectivity index (χ0n) is 21.5. The molecule has 5 rings (SSSR count). The maximum Gasteiger partial charge on any atom is 0.353 e.